The number of thiazole rings is 1. The van der Waals surface area contributed by atoms with Gasteiger partial charge in [-0.2, -0.15) is 13.2 Å². The van der Waals surface area contributed by atoms with Crippen molar-refractivity contribution in [3.8, 4) is 21.8 Å². The first-order valence-corrected chi connectivity index (χ1v) is 13.5. The van der Waals surface area contributed by atoms with Crippen LogP contribution in [0.1, 0.15) is 30.2 Å². The summed E-state index contributed by atoms with van der Waals surface area (Å²) in [5.74, 6) is -0.794. The molecule has 0 saturated carbocycles. The van der Waals surface area contributed by atoms with Gasteiger partial charge in [0.2, 0.25) is 16.0 Å². The molecule has 3 aromatic rings. The third-order valence-electron chi connectivity index (χ3n) is 5.41. The Morgan fingerprint density at radius 2 is 1.94 bits per heavy atom. The number of piperidine rings is 1. The van der Waals surface area contributed by atoms with Gasteiger partial charge in [-0.05, 0) is 38.1 Å². The molecule has 1 saturated heterocycles. The Labute approximate surface area is 209 Å². The van der Waals surface area contributed by atoms with E-state index in [9.17, 15) is 21.6 Å². The molecule has 1 fully saturated rings. The fraction of sp³-hybridized carbons (Fsp3) is 0.381. The zero-order valence-corrected chi connectivity index (χ0v) is 20.7. The van der Waals surface area contributed by atoms with Crippen molar-refractivity contribution in [2.45, 2.75) is 31.4 Å². The molecule has 2 aromatic heterocycles. The lowest BCUT2D eigenvalue weighted by Gasteiger charge is -2.20. The molecule has 1 aliphatic heterocycles. The summed E-state index contributed by atoms with van der Waals surface area (Å²) in [5, 5.41) is 4.23. The molecule has 0 aliphatic carbocycles. The standard InChI is InChI=1S/C21H22ClF3N6O2S2/c22-16-13(2-1-3-14(16)31-35(32,33)11-7-21(23,24)25)17-18(15-6-10-28-20(26)29-15)34-19(30-17)12-4-8-27-9-5-12/h1-3,6,10,12,27,31H,4-5,7-9,11H2,(H2,26,28,29). The summed E-state index contributed by atoms with van der Waals surface area (Å²) in [6.45, 7) is 1.73. The average molecular weight is 547 g/mol. The quantitative estimate of drug-likeness (QED) is 0.393. The Hall–Kier alpha value is -2.48. The number of halogens is 4. The van der Waals surface area contributed by atoms with Gasteiger partial charge in [-0.25, -0.2) is 23.4 Å². The van der Waals surface area contributed by atoms with Crippen molar-refractivity contribution < 1.29 is 21.6 Å². The highest BCUT2D eigenvalue weighted by molar-refractivity contribution is 7.92. The summed E-state index contributed by atoms with van der Waals surface area (Å²) in [6.07, 6.45) is -2.72. The molecular weight excluding hydrogens is 525 g/mol. The number of nitrogens with zero attached hydrogens (tertiary/aromatic N) is 3. The van der Waals surface area contributed by atoms with Crippen LogP contribution in [-0.2, 0) is 10.0 Å². The number of hydrogen-bond donors (Lipinski definition) is 3. The van der Waals surface area contributed by atoms with Crippen LogP contribution >= 0.6 is 22.9 Å². The third kappa shape index (κ3) is 6.40. The first-order chi connectivity index (χ1) is 16.5. The lowest BCUT2D eigenvalue weighted by Crippen LogP contribution is -2.26. The molecule has 0 bridgehead atoms. The second-order valence-corrected chi connectivity index (χ2v) is 11.3. The third-order valence-corrected chi connectivity index (χ3v) is 8.33. The SMILES string of the molecule is Nc1nccc(-c2sc(C3CCNCC3)nc2-c2cccc(NS(=O)(=O)CCC(F)(F)F)c2Cl)n1. The van der Waals surface area contributed by atoms with Crippen molar-refractivity contribution in [3.05, 3.63) is 40.5 Å². The molecule has 0 radical (unpaired) electrons. The molecule has 8 nitrogen and oxygen atoms in total. The monoisotopic (exact) mass is 546 g/mol. The Balaban J connectivity index is 1.74. The predicted molar refractivity (Wildman–Crippen MR) is 131 cm³/mol. The van der Waals surface area contributed by atoms with E-state index >= 15 is 0 Å². The van der Waals surface area contributed by atoms with Gasteiger partial charge in [-0.3, -0.25) is 4.72 Å². The van der Waals surface area contributed by atoms with Gasteiger partial charge in [0.15, 0.2) is 0 Å². The van der Waals surface area contributed by atoms with Crippen LogP contribution in [0.25, 0.3) is 21.8 Å². The zero-order valence-electron chi connectivity index (χ0n) is 18.3. The summed E-state index contributed by atoms with van der Waals surface area (Å²) >= 11 is 8.03. The molecule has 4 rings (SSSR count). The molecule has 1 aromatic carbocycles. The number of hydrogen-bond acceptors (Lipinski definition) is 8. The molecular formula is C21H22ClF3N6O2S2. The van der Waals surface area contributed by atoms with Gasteiger partial charge in [0.1, 0.15) is 0 Å². The molecule has 14 heteroatoms. The Bertz CT molecular complexity index is 1310. The molecule has 188 valence electrons. The Morgan fingerprint density at radius 1 is 1.20 bits per heavy atom. The number of nitrogens with one attached hydrogen (secondary N) is 2. The van der Waals surface area contributed by atoms with E-state index in [-0.39, 0.29) is 22.6 Å². The Morgan fingerprint density at radius 3 is 2.63 bits per heavy atom. The van der Waals surface area contributed by atoms with Crippen molar-refractivity contribution in [3.63, 3.8) is 0 Å². The zero-order chi connectivity index (χ0) is 25.2. The van der Waals surface area contributed by atoms with Gasteiger partial charge in [0.25, 0.3) is 0 Å². The number of rotatable bonds is 7. The van der Waals surface area contributed by atoms with E-state index in [1.807, 2.05) is 0 Å². The van der Waals surface area contributed by atoms with Crippen molar-refractivity contribution in [2.75, 3.05) is 29.3 Å². The minimum atomic E-state index is -4.60. The number of alkyl halides is 3. The molecule has 3 heterocycles. The summed E-state index contributed by atoms with van der Waals surface area (Å²) in [7, 11) is -4.29. The van der Waals surface area contributed by atoms with Crippen LogP contribution < -0.4 is 15.8 Å². The van der Waals surface area contributed by atoms with Gasteiger partial charge in [-0.1, -0.05) is 23.7 Å². The number of anilines is 2. The second kappa shape index (κ2) is 10.2. The maximum absolute atomic E-state index is 12.5. The summed E-state index contributed by atoms with van der Waals surface area (Å²) < 4.78 is 64.3. The number of nitrogens with two attached hydrogens (primary N) is 1. The molecule has 0 amide bonds. The summed E-state index contributed by atoms with van der Waals surface area (Å²) in [4.78, 5) is 13.8. The smallest absolute Gasteiger partial charge is 0.368 e. The van der Waals surface area contributed by atoms with Crippen LogP contribution in [-0.4, -0.2) is 48.4 Å². The largest absolute Gasteiger partial charge is 0.390 e. The normalized spacial score (nSPS) is 15.3. The van der Waals surface area contributed by atoms with E-state index in [0.717, 1.165) is 30.9 Å². The predicted octanol–water partition coefficient (Wildman–Crippen LogP) is 4.66. The first kappa shape index (κ1) is 25.6. The van der Waals surface area contributed by atoms with Gasteiger partial charge in [0, 0.05) is 17.7 Å². The van der Waals surface area contributed by atoms with E-state index in [1.54, 1.807) is 18.2 Å². The number of sulfonamides is 1. The maximum Gasteiger partial charge on any atom is 0.390 e. The van der Waals surface area contributed by atoms with Crippen LogP contribution in [0.4, 0.5) is 24.8 Å². The van der Waals surface area contributed by atoms with E-state index in [4.69, 9.17) is 22.3 Å². The van der Waals surface area contributed by atoms with Crippen LogP contribution in [0.3, 0.4) is 0 Å². The molecule has 0 atom stereocenters. The summed E-state index contributed by atoms with van der Waals surface area (Å²) in [5.41, 5.74) is 7.21. The van der Waals surface area contributed by atoms with E-state index in [0.29, 0.717) is 21.8 Å². The highest BCUT2D eigenvalue weighted by Crippen LogP contribution is 2.44. The van der Waals surface area contributed by atoms with Gasteiger partial charge < -0.3 is 11.1 Å². The Kier molecular flexibility index (Phi) is 7.50. The lowest BCUT2D eigenvalue weighted by atomic mass is 9.99. The van der Waals surface area contributed by atoms with Gasteiger partial charge in [0.05, 0.1) is 44.2 Å². The van der Waals surface area contributed by atoms with E-state index < -0.39 is 28.4 Å². The lowest BCUT2D eigenvalue weighted by molar-refractivity contribution is -0.129. The van der Waals surface area contributed by atoms with Crippen LogP contribution in [0, 0.1) is 0 Å². The second-order valence-electron chi connectivity index (χ2n) is 8.01. The van der Waals surface area contributed by atoms with Gasteiger partial charge in [-0.15, -0.1) is 11.3 Å². The molecule has 0 spiro atoms. The van der Waals surface area contributed by atoms with E-state index in [2.05, 4.69) is 20.0 Å². The highest BCUT2D eigenvalue weighted by Gasteiger charge is 2.30. The average Bonchev–Trinajstić information content (AvgIpc) is 3.25. The number of nitrogen functional groups attached to an aromatic ring is 1. The van der Waals surface area contributed by atoms with Crippen molar-refractivity contribution >= 4 is 44.6 Å². The molecule has 1 aliphatic rings. The number of benzene rings is 1. The van der Waals surface area contributed by atoms with E-state index in [1.165, 1.54) is 23.6 Å². The van der Waals surface area contributed by atoms with Crippen LogP contribution in [0.15, 0.2) is 30.5 Å². The maximum atomic E-state index is 12.5. The van der Waals surface area contributed by atoms with Crippen molar-refractivity contribution in [1.82, 2.24) is 20.3 Å². The summed E-state index contributed by atoms with van der Waals surface area (Å²) in [6, 6.07) is 6.31. The van der Waals surface area contributed by atoms with Crippen LogP contribution in [0.2, 0.25) is 5.02 Å². The highest BCUT2D eigenvalue weighted by atomic mass is 35.5. The minimum absolute atomic E-state index is 0.0218. The molecule has 0 unspecified atom stereocenters. The van der Waals surface area contributed by atoms with Gasteiger partial charge >= 0.3 is 6.18 Å². The fourth-order valence-corrected chi connectivity index (χ4v) is 6.34. The molecule has 35 heavy (non-hydrogen) atoms. The van der Waals surface area contributed by atoms with Crippen molar-refractivity contribution in [2.24, 2.45) is 0 Å². The minimum Gasteiger partial charge on any atom is -0.368 e. The topological polar surface area (TPSA) is 123 Å². The van der Waals surface area contributed by atoms with Crippen LogP contribution in [0.5, 0.6) is 0 Å². The number of aromatic nitrogens is 3. The first-order valence-electron chi connectivity index (χ1n) is 10.7. The fourth-order valence-electron chi connectivity index (χ4n) is 3.70. The molecule has 4 N–H and O–H groups in total. The van der Waals surface area contributed by atoms with Crippen molar-refractivity contribution in [1.29, 1.82) is 0 Å².